The maximum Gasteiger partial charge on any atom is 0.177 e. The minimum atomic E-state index is 0.752. The molecule has 23 heavy (non-hydrogen) atoms. The van der Waals surface area contributed by atoms with Crippen LogP contribution in [0.5, 0.6) is 0 Å². The standard InChI is InChI=1S/C17H22N4OS/c1-4-7-18-17-20-19-16(11-23-17)15-9-12(2)21(13(15)3)10-14-6-5-8-22-14/h5-6,8-9H,4,7,10-11H2,1-3H3,(H,18,20). The van der Waals surface area contributed by atoms with Crippen LogP contribution in [-0.4, -0.2) is 27.7 Å². The summed E-state index contributed by atoms with van der Waals surface area (Å²) in [7, 11) is 0. The number of hydrogen-bond acceptors (Lipinski definition) is 4. The number of nitrogens with one attached hydrogen (secondary N) is 1. The Hall–Kier alpha value is -1.95. The summed E-state index contributed by atoms with van der Waals surface area (Å²) in [5.41, 5.74) is 7.78. The maximum atomic E-state index is 5.47. The van der Waals surface area contributed by atoms with Crippen molar-refractivity contribution in [3.8, 4) is 0 Å². The molecule has 0 saturated heterocycles. The molecule has 5 nitrogen and oxygen atoms in total. The zero-order chi connectivity index (χ0) is 16.2. The van der Waals surface area contributed by atoms with Gasteiger partial charge in [0.1, 0.15) is 5.76 Å². The molecule has 6 heteroatoms. The van der Waals surface area contributed by atoms with E-state index in [-0.39, 0.29) is 0 Å². The highest BCUT2D eigenvalue weighted by Gasteiger charge is 2.18. The van der Waals surface area contributed by atoms with Crippen LogP contribution in [0.2, 0.25) is 0 Å². The molecule has 1 aliphatic rings. The number of aryl methyl sites for hydroxylation is 1. The van der Waals surface area contributed by atoms with Gasteiger partial charge in [-0.15, -0.1) is 0 Å². The van der Waals surface area contributed by atoms with Gasteiger partial charge in [0.25, 0.3) is 0 Å². The molecular weight excluding hydrogens is 308 g/mol. The summed E-state index contributed by atoms with van der Waals surface area (Å²) in [6.07, 6.45) is 2.77. The molecule has 0 saturated carbocycles. The molecule has 0 spiro atoms. The Morgan fingerprint density at radius 2 is 2.30 bits per heavy atom. The van der Waals surface area contributed by atoms with Crippen LogP contribution < -0.4 is 5.43 Å². The van der Waals surface area contributed by atoms with Crippen molar-refractivity contribution in [1.29, 1.82) is 0 Å². The SMILES string of the molecule is CCCN=C1NN=C(c2cc(C)n(Cc3ccco3)c2C)CS1. The first-order valence-corrected chi connectivity index (χ1v) is 8.87. The maximum absolute atomic E-state index is 5.47. The molecule has 0 aliphatic carbocycles. The fraction of sp³-hybridized carbons (Fsp3) is 0.412. The van der Waals surface area contributed by atoms with Gasteiger partial charge in [0, 0.05) is 29.2 Å². The van der Waals surface area contributed by atoms with Gasteiger partial charge < -0.3 is 8.98 Å². The van der Waals surface area contributed by atoms with Gasteiger partial charge in [0.05, 0.1) is 18.5 Å². The summed E-state index contributed by atoms with van der Waals surface area (Å²) in [4.78, 5) is 4.47. The predicted molar refractivity (Wildman–Crippen MR) is 96.4 cm³/mol. The molecule has 1 aliphatic heterocycles. The highest BCUT2D eigenvalue weighted by molar-refractivity contribution is 8.14. The van der Waals surface area contributed by atoms with E-state index >= 15 is 0 Å². The Morgan fingerprint density at radius 1 is 1.43 bits per heavy atom. The molecule has 122 valence electrons. The number of amidine groups is 1. The second kappa shape index (κ2) is 7.08. The van der Waals surface area contributed by atoms with E-state index in [1.807, 2.05) is 12.1 Å². The van der Waals surface area contributed by atoms with Crippen molar-refractivity contribution in [1.82, 2.24) is 9.99 Å². The van der Waals surface area contributed by atoms with Gasteiger partial charge in [-0.05, 0) is 38.5 Å². The van der Waals surface area contributed by atoms with Gasteiger partial charge in [0.15, 0.2) is 5.17 Å². The molecule has 2 aromatic rings. The highest BCUT2D eigenvalue weighted by atomic mass is 32.2. The molecular formula is C17H22N4OS. The van der Waals surface area contributed by atoms with Gasteiger partial charge in [-0.25, -0.2) is 0 Å². The van der Waals surface area contributed by atoms with Gasteiger partial charge in [-0.3, -0.25) is 10.4 Å². The normalized spacial score (nSPS) is 16.5. The summed E-state index contributed by atoms with van der Waals surface area (Å²) >= 11 is 1.72. The molecule has 0 amide bonds. The van der Waals surface area contributed by atoms with E-state index in [4.69, 9.17) is 4.42 Å². The smallest absolute Gasteiger partial charge is 0.177 e. The summed E-state index contributed by atoms with van der Waals surface area (Å²) in [5.74, 6) is 1.81. The first-order chi connectivity index (χ1) is 11.2. The summed E-state index contributed by atoms with van der Waals surface area (Å²) in [5, 5.41) is 5.44. The third kappa shape index (κ3) is 3.52. The molecule has 0 bridgehead atoms. The van der Waals surface area contributed by atoms with Gasteiger partial charge in [0.2, 0.25) is 0 Å². The van der Waals surface area contributed by atoms with E-state index in [0.717, 1.165) is 41.9 Å². The predicted octanol–water partition coefficient (Wildman–Crippen LogP) is 3.55. The third-order valence-electron chi connectivity index (χ3n) is 3.89. The van der Waals surface area contributed by atoms with E-state index in [2.05, 4.69) is 46.9 Å². The second-order valence-corrected chi connectivity index (χ2v) is 6.56. The Bertz CT molecular complexity index is 728. The fourth-order valence-corrected chi connectivity index (χ4v) is 3.43. The number of aliphatic imine (C=N–C) groups is 1. The molecule has 3 rings (SSSR count). The third-order valence-corrected chi connectivity index (χ3v) is 4.80. The van der Waals surface area contributed by atoms with Gasteiger partial charge in [-0.1, -0.05) is 18.7 Å². The number of rotatable bonds is 5. The monoisotopic (exact) mass is 330 g/mol. The molecule has 2 aromatic heterocycles. The molecule has 0 fully saturated rings. The summed E-state index contributed by atoms with van der Waals surface area (Å²) < 4.78 is 7.74. The largest absolute Gasteiger partial charge is 0.467 e. The van der Waals surface area contributed by atoms with E-state index in [1.54, 1.807) is 18.0 Å². The number of hydrogen-bond donors (Lipinski definition) is 1. The van der Waals surface area contributed by atoms with Crippen LogP contribution in [0.3, 0.4) is 0 Å². The fourth-order valence-electron chi connectivity index (χ4n) is 2.64. The number of aromatic nitrogens is 1. The summed E-state index contributed by atoms with van der Waals surface area (Å²) in [6, 6.07) is 6.13. The minimum Gasteiger partial charge on any atom is -0.467 e. The summed E-state index contributed by atoms with van der Waals surface area (Å²) in [6.45, 7) is 7.98. The minimum absolute atomic E-state index is 0.752. The molecule has 0 unspecified atom stereocenters. The Kier molecular flexibility index (Phi) is 4.91. The quantitative estimate of drug-likeness (QED) is 0.912. The molecule has 3 heterocycles. The van der Waals surface area contributed by atoms with Crippen molar-refractivity contribution in [2.75, 3.05) is 12.3 Å². The van der Waals surface area contributed by atoms with Crippen molar-refractivity contribution >= 4 is 22.6 Å². The van der Waals surface area contributed by atoms with Crippen LogP contribution in [0.1, 0.15) is 36.1 Å². The lowest BCUT2D eigenvalue weighted by Gasteiger charge is -2.15. The first-order valence-electron chi connectivity index (χ1n) is 7.88. The van der Waals surface area contributed by atoms with Crippen LogP contribution in [0, 0.1) is 13.8 Å². The number of furan rings is 1. The topological polar surface area (TPSA) is 54.8 Å². The molecule has 0 atom stereocenters. The Morgan fingerprint density at radius 3 is 2.96 bits per heavy atom. The van der Waals surface area contributed by atoms with Crippen molar-refractivity contribution in [3.63, 3.8) is 0 Å². The van der Waals surface area contributed by atoms with Crippen LogP contribution in [0.4, 0.5) is 0 Å². The number of thioether (sulfide) groups is 1. The van der Waals surface area contributed by atoms with Gasteiger partial charge in [-0.2, -0.15) is 5.10 Å². The molecule has 0 radical (unpaired) electrons. The zero-order valence-corrected chi connectivity index (χ0v) is 14.6. The average Bonchev–Trinajstić information content (AvgIpc) is 3.17. The van der Waals surface area contributed by atoms with Gasteiger partial charge >= 0.3 is 0 Å². The van der Waals surface area contributed by atoms with Crippen molar-refractivity contribution in [3.05, 3.63) is 47.2 Å². The lowest BCUT2D eigenvalue weighted by Crippen LogP contribution is -2.26. The number of hydrazone groups is 1. The van der Waals surface area contributed by atoms with Crippen LogP contribution in [0.25, 0.3) is 0 Å². The molecule has 1 N–H and O–H groups in total. The van der Waals surface area contributed by atoms with E-state index in [1.165, 1.54) is 17.0 Å². The number of nitrogens with zero attached hydrogens (tertiary/aromatic N) is 3. The van der Waals surface area contributed by atoms with E-state index < -0.39 is 0 Å². The van der Waals surface area contributed by atoms with Crippen LogP contribution >= 0.6 is 11.8 Å². The Labute approximate surface area is 140 Å². The Balaban J connectivity index is 1.80. The molecule has 0 aromatic carbocycles. The van der Waals surface area contributed by atoms with E-state index in [0.29, 0.717) is 0 Å². The highest BCUT2D eigenvalue weighted by Crippen LogP contribution is 2.21. The average molecular weight is 330 g/mol. The zero-order valence-electron chi connectivity index (χ0n) is 13.8. The van der Waals surface area contributed by atoms with Crippen molar-refractivity contribution in [2.45, 2.75) is 33.7 Å². The van der Waals surface area contributed by atoms with E-state index in [9.17, 15) is 0 Å². The van der Waals surface area contributed by atoms with Crippen LogP contribution in [-0.2, 0) is 6.54 Å². The van der Waals surface area contributed by atoms with Crippen molar-refractivity contribution in [2.24, 2.45) is 10.1 Å². The first kappa shape index (κ1) is 15.9. The lowest BCUT2D eigenvalue weighted by molar-refractivity contribution is 0.489. The van der Waals surface area contributed by atoms with Crippen LogP contribution in [0.15, 0.2) is 39.0 Å². The second-order valence-electron chi connectivity index (χ2n) is 5.60. The van der Waals surface area contributed by atoms with Crippen molar-refractivity contribution < 1.29 is 4.42 Å². The lowest BCUT2D eigenvalue weighted by atomic mass is 10.1.